The summed E-state index contributed by atoms with van der Waals surface area (Å²) in [4.78, 5) is 10.7. The molecule has 0 aliphatic carbocycles. The first-order valence-electron chi connectivity index (χ1n) is 5.36. The summed E-state index contributed by atoms with van der Waals surface area (Å²) in [5.74, 6) is 0.527. The van der Waals surface area contributed by atoms with Crippen LogP contribution in [0.3, 0.4) is 0 Å². The van der Waals surface area contributed by atoms with Gasteiger partial charge >= 0.3 is 0 Å². The van der Waals surface area contributed by atoms with Crippen molar-refractivity contribution in [3.05, 3.63) is 29.8 Å². The van der Waals surface area contributed by atoms with E-state index in [2.05, 4.69) is 0 Å². The van der Waals surface area contributed by atoms with Crippen molar-refractivity contribution in [2.45, 2.75) is 18.9 Å². The van der Waals surface area contributed by atoms with Crippen LogP contribution in [0.1, 0.15) is 12.0 Å². The molecule has 1 heterocycles. The first-order valence-corrected chi connectivity index (χ1v) is 5.36. The lowest BCUT2D eigenvalue weighted by Gasteiger charge is -2.09. The molecule has 1 atom stereocenters. The average molecular weight is 221 g/mol. The molecule has 1 saturated heterocycles. The number of carbonyl (C=O) groups is 1. The van der Waals surface area contributed by atoms with Crippen LogP contribution in [0.15, 0.2) is 24.3 Å². The van der Waals surface area contributed by atoms with Crippen LogP contribution in [0, 0.1) is 0 Å². The molecule has 1 fully saturated rings. The monoisotopic (exact) mass is 221 g/mol. The number of hydrogen-bond acceptors (Lipinski definition) is 3. The second-order valence-electron chi connectivity index (χ2n) is 3.84. The number of hydrogen-bond donors (Lipinski definition) is 1. The Kier molecular flexibility index (Phi) is 3.41. The SMILES string of the molecule is NC(=O)CCc1ccccc1OC[C@@H]1CO1. The van der Waals surface area contributed by atoms with Crippen LogP contribution in [0.25, 0.3) is 0 Å². The number of rotatable bonds is 6. The van der Waals surface area contributed by atoms with Crippen molar-refractivity contribution in [3.8, 4) is 5.75 Å². The number of nitrogens with two attached hydrogens (primary N) is 1. The summed E-state index contributed by atoms with van der Waals surface area (Å²) < 4.78 is 10.7. The molecule has 16 heavy (non-hydrogen) atoms. The van der Waals surface area contributed by atoms with E-state index in [1.807, 2.05) is 24.3 Å². The third-order valence-corrected chi connectivity index (χ3v) is 2.44. The summed E-state index contributed by atoms with van der Waals surface area (Å²) in [5, 5.41) is 0. The summed E-state index contributed by atoms with van der Waals surface area (Å²) in [6, 6.07) is 7.69. The van der Waals surface area contributed by atoms with Crippen LogP contribution in [0.2, 0.25) is 0 Å². The van der Waals surface area contributed by atoms with Crippen LogP contribution in [0.4, 0.5) is 0 Å². The molecule has 4 heteroatoms. The second-order valence-corrected chi connectivity index (χ2v) is 3.84. The van der Waals surface area contributed by atoms with Crippen molar-refractivity contribution in [1.82, 2.24) is 0 Å². The summed E-state index contributed by atoms with van der Waals surface area (Å²) >= 11 is 0. The molecule has 1 aromatic carbocycles. The molecule has 1 amide bonds. The van der Waals surface area contributed by atoms with Gasteiger partial charge in [-0.25, -0.2) is 0 Å². The second kappa shape index (κ2) is 4.99. The highest BCUT2D eigenvalue weighted by atomic mass is 16.6. The van der Waals surface area contributed by atoms with Crippen molar-refractivity contribution in [3.63, 3.8) is 0 Å². The molecule has 0 spiro atoms. The summed E-state index contributed by atoms with van der Waals surface area (Å²) in [6.07, 6.45) is 1.21. The molecule has 0 saturated carbocycles. The van der Waals surface area contributed by atoms with Crippen molar-refractivity contribution >= 4 is 5.91 Å². The van der Waals surface area contributed by atoms with E-state index in [1.165, 1.54) is 0 Å². The summed E-state index contributed by atoms with van der Waals surface area (Å²) in [7, 11) is 0. The number of carbonyl (C=O) groups excluding carboxylic acids is 1. The lowest BCUT2D eigenvalue weighted by atomic mass is 10.1. The fourth-order valence-corrected chi connectivity index (χ4v) is 1.46. The Hall–Kier alpha value is -1.55. The van der Waals surface area contributed by atoms with E-state index in [1.54, 1.807) is 0 Å². The maximum atomic E-state index is 10.7. The van der Waals surface area contributed by atoms with Crippen LogP contribution >= 0.6 is 0 Å². The zero-order valence-corrected chi connectivity index (χ0v) is 9.02. The third kappa shape index (κ3) is 3.24. The smallest absolute Gasteiger partial charge is 0.217 e. The predicted octanol–water partition coefficient (Wildman–Crippen LogP) is 0.882. The lowest BCUT2D eigenvalue weighted by molar-refractivity contribution is -0.117. The molecule has 0 bridgehead atoms. The van der Waals surface area contributed by atoms with E-state index in [4.69, 9.17) is 15.2 Å². The number of amides is 1. The number of epoxide rings is 1. The van der Waals surface area contributed by atoms with Gasteiger partial charge in [-0.3, -0.25) is 4.79 Å². The normalized spacial score (nSPS) is 18.1. The molecule has 0 unspecified atom stereocenters. The molecule has 2 rings (SSSR count). The lowest BCUT2D eigenvalue weighted by Crippen LogP contribution is -2.12. The van der Waals surface area contributed by atoms with Crippen molar-refractivity contribution in [2.75, 3.05) is 13.2 Å². The first kappa shape index (κ1) is 11.0. The Morgan fingerprint density at radius 2 is 2.25 bits per heavy atom. The number of primary amides is 1. The molecule has 1 aromatic rings. The van der Waals surface area contributed by atoms with E-state index >= 15 is 0 Å². The zero-order valence-electron chi connectivity index (χ0n) is 9.02. The fourth-order valence-electron chi connectivity index (χ4n) is 1.46. The minimum absolute atomic E-state index is 0.240. The van der Waals surface area contributed by atoms with Crippen molar-refractivity contribution in [1.29, 1.82) is 0 Å². The van der Waals surface area contributed by atoms with Crippen molar-refractivity contribution < 1.29 is 14.3 Å². The predicted molar refractivity (Wildman–Crippen MR) is 59.2 cm³/mol. The van der Waals surface area contributed by atoms with E-state index in [9.17, 15) is 4.79 Å². The minimum Gasteiger partial charge on any atom is -0.491 e. The highest BCUT2D eigenvalue weighted by molar-refractivity contribution is 5.74. The first-order chi connectivity index (χ1) is 7.75. The van der Waals surface area contributed by atoms with Gasteiger partial charge < -0.3 is 15.2 Å². The van der Waals surface area contributed by atoms with Gasteiger partial charge in [0.1, 0.15) is 18.5 Å². The Morgan fingerprint density at radius 3 is 2.94 bits per heavy atom. The zero-order chi connectivity index (χ0) is 11.4. The highest BCUT2D eigenvalue weighted by Gasteiger charge is 2.23. The minimum atomic E-state index is -0.291. The summed E-state index contributed by atoms with van der Waals surface area (Å²) in [5.41, 5.74) is 6.14. The van der Waals surface area contributed by atoms with Gasteiger partial charge in [0.25, 0.3) is 0 Å². The standard InChI is InChI=1S/C12H15NO3/c13-12(14)6-5-9-3-1-2-4-11(9)16-8-10-7-15-10/h1-4,10H,5-8H2,(H2,13,14)/t10-/m0/s1. The Bertz CT molecular complexity index is 374. The third-order valence-electron chi connectivity index (χ3n) is 2.44. The van der Waals surface area contributed by atoms with Crippen LogP contribution in [-0.4, -0.2) is 25.2 Å². The van der Waals surface area contributed by atoms with Crippen molar-refractivity contribution in [2.24, 2.45) is 5.73 Å². The molecular formula is C12H15NO3. The Balaban J connectivity index is 1.94. The largest absolute Gasteiger partial charge is 0.491 e. The van der Waals surface area contributed by atoms with E-state index in [-0.39, 0.29) is 12.0 Å². The van der Waals surface area contributed by atoms with Crippen LogP contribution in [-0.2, 0) is 16.0 Å². The number of aryl methyl sites for hydroxylation is 1. The topological polar surface area (TPSA) is 64.9 Å². The molecule has 86 valence electrons. The van der Waals surface area contributed by atoms with Gasteiger partial charge in [0.05, 0.1) is 6.61 Å². The quantitative estimate of drug-likeness (QED) is 0.725. The number of benzene rings is 1. The molecule has 1 aliphatic rings. The van der Waals surface area contributed by atoms with Crippen LogP contribution in [0.5, 0.6) is 5.75 Å². The molecule has 1 aliphatic heterocycles. The molecular weight excluding hydrogens is 206 g/mol. The van der Waals surface area contributed by atoms with E-state index in [0.29, 0.717) is 19.4 Å². The van der Waals surface area contributed by atoms with Crippen LogP contribution < -0.4 is 10.5 Å². The van der Waals surface area contributed by atoms with Gasteiger partial charge in [-0.15, -0.1) is 0 Å². The fraction of sp³-hybridized carbons (Fsp3) is 0.417. The Labute approximate surface area is 94.3 Å². The number of ether oxygens (including phenoxy) is 2. The van der Waals surface area contributed by atoms with Gasteiger partial charge in [-0.05, 0) is 18.1 Å². The molecule has 4 nitrogen and oxygen atoms in total. The van der Waals surface area contributed by atoms with E-state index in [0.717, 1.165) is 17.9 Å². The molecule has 0 radical (unpaired) electrons. The number of para-hydroxylation sites is 1. The highest BCUT2D eigenvalue weighted by Crippen LogP contribution is 2.21. The maximum absolute atomic E-state index is 10.7. The van der Waals surface area contributed by atoms with Gasteiger partial charge in [0.2, 0.25) is 5.91 Å². The van der Waals surface area contributed by atoms with Gasteiger partial charge in [0, 0.05) is 6.42 Å². The molecule has 0 aromatic heterocycles. The van der Waals surface area contributed by atoms with E-state index < -0.39 is 0 Å². The van der Waals surface area contributed by atoms with Gasteiger partial charge in [-0.2, -0.15) is 0 Å². The summed E-state index contributed by atoms with van der Waals surface area (Å²) in [6.45, 7) is 1.36. The van der Waals surface area contributed by atoms with Gasteiger partial charge in [0.15, 0.2) is 0 Å². The Morgan fingerprint density at radius 1 is 1.50 bits per heavy atom. The average Bonchev–Trinajstić information content (AvgIpc) is 3.08. The maximum Gasteiger partial charge on any atom is 0.217 e. The van der Waals surface area contributed by atoms with Gasteiger partial charge in [-0.1, -0.05) is 18.2 Å². The molecule has 2 N–H and O–H groups in total.